The van der Waals surface area contributed by atoms with E-state index >= 15 is 0 Å². The zero-order valence-electron chi connectivity index (χ0n) is 14.8. The van der Waals surface area contributed by atoms with Crippen molar-refractivity contribution in [1.29, 1.82) is 0 Å². The highest BCUT2D eigenvalue weighted by atomic mass is 16.5. The molecule has 1 aromatic heterocycles. The van der Waals surface area contributed by atoms with Gasteiger partial charge in [-0.2, -0.15) is 4.91 Å². The Morgan fingerprint density at radius 3 is 2.54 bits per heavy atom. The topological polar surface area (TPSA) is 75.0 Å². The summed E-state index contributed by atoms with van der Waals surface area (Å²) < 4.78 is 5.52. The zero-order chi connectivity index (χ0) is 18.5. The van der Waals surface area contributed by atoms with Gasteiger partial charge in [0, 0.05) is 30.7 Å². The number of pyridine rings is 1. The molecule has 6 nitrogen and oxygen atoms in total. The Balaban J connectivity index is 1.81. The van der Waals surface area contributed by atoms with E-state index < -0.39 is 6.04 Å². The fourth-order valence-corrected chi connectivity index (χ4v) is 2.59. The molecule has 1 heterocycles. The SMILES string of the molecule is CN(C)c1ccc(-c2ccc3cc(OC[C@@H](CO)N=O)ccc3n2)cc1. The highest BCUT2D eigenvalue weighted by Crippen LogP contribution is 2.25. The Morgan fingerprint density at radius 1 is 1.12 bits per heavy atom. The lowest BCUT2D eigenvalue weighted by atomic mass is 10.1. The van der Waals surface area contributed by atoms with E-state index in [9.17, 15) is 4.91 Å². The maximum absolute atomic E-state index is 10.5. The standard InChI is InChI=1S/C20H21N3O3/c1-23(2)17-6-3-14(4-7-17)19-9-5-15-11-18(8-10-20(15)21-19)26-13-16(12-24)22-25/h3-11,16,24H,12-13H2,1-2H3/t16-/m1/s1. The summed E-state index contributed by atoms with van der Waals surface area (Å²) in [6.07, 6.45) is 0. The summed E-state index contributed by atoms with van der Waals surface area (Å²) in [5.74, 6) is 0.615. The molecule has 3 rings (SSSR count). The number of aliphatic hydroxyl groups excluding tert-OH is 1. The van der Waals surface area contributed by atoms with Gasteiger partial charge in [-0.3, -0.25) is 0 Å². The lowest BCUT2D eigenvalue weighted by molar-refractivity contribution is 0.207. The molecule has 0 aliphatic rings. The van der Waals surface area contributed by atoms with Crippen LogP contribution in [0.5, 0.6) is 5.75 Å². The number of nitroso groups, excluding NO2 is 1. The highest BCUT2D eigenvalue weighted by Gasteiger charge is 2.09. The number of nitrogens with zero attached hydrogens (tertiary/aromatic N) is 3. The third kappa shape index (κ3) is 3.97. The summed E-state index contributed by atoms with van der Waals surface area (Å²) >= 11 is 0. The van der Waals surface area contributed by atoms with Crippen LogP contribution in [0.15, 0.2) is 59.8 Å². The van der Waals surface area contributed by atoms with E-state index in [1.54, 1.807) is 6.07 Å². The second-order valence-electron chi connectivity index (χ2n) is 6.25. The van der Waals surface area contributed by atoms with Crippen molar-refractivity contribution in [2.75, 3.05) is 32.2 Å². The largest absolute Gasteiger partial charge is 0.491 e. The Bertz CT molecular complexity index is 894. The molecule has 0 saturated heterocycles. The van der Waals surface area contributed by atoms with Gasteiger partial charge in [-0.1, -0.05) is 23.4 Å². The van der Waals surface area contributed by atoms with Crippen LogP contribution in [0.2, 0.25) is 0 Å². The van der Waals surface area contributed by atoms with Crippen LogP contribution in [0.25, 0.3) is 22.2 Å². The van der Waals surface area contributed by atoms with Gasteiger partial charge in [-0.25, -0.2) is 4.98 Å². The van der Waals surface area contributed by atoms with Crippen LogP contribution < -0.4 is 9.64 Å². The van der Waals surface area contributed by atoms with Gasteiger partial charge in [-0.15, -0.1) is 0 Å². The van der Waals surface area contributed by atoms with Crippen molar-refractivity contribution >= 4 is 16.6 Å². The van der Waals surface area contributed by atoms with Crippen LogP contribution in [-0.4, -0.2) is 43.4 Å². The molecule has 0 unspecified atom stereocenters. The van der Waals surface area contributed by atoms with Gasteiger partial charge in [0.2, 0.25) is 0 Å². The highest BCUT2D eigenvalue weighted by molar-refractivity contribution is 5.83. The monoisotopic (exact) mass is 351 g/mol. The molecule has 0 fully saturated rings. The minimum absolute atomic E-state index is 0.0508. The van der Waals surface area contributed by atoms with E-state index in [-0.39, 0.29) is 13.2 Å². The Morgan fingerprint density at radius 2 is 1.88 bits per heavy atom. The molecule has 3 aromatic rings. The molecular formula is C20H21N3O3. The number of benzene rings is 2. The van der Waals surface area contributed by atoms with Crippen molar-refractivity contribution in [3.63, 3.8) is 0 Å². The summed E-state index contributed by atoms with van der Waals surface area (Å²) in [6.45, 7) is -0.274. The van der Waals surface area contributed by atoms with Gasteiger partial charge in [0.1, 0.15) is 18.4 Å². The number of ether oxygens (including phenoxy) is 1. The van der Waals surface area contributed by atoms with Crippen LogP contribution >= 0.6 is 0 Å². The van der Waals surface area contributed by atoms with Gasteiger partial charge in [-0.05, 0) is 36.4 Å². The van der Waals surface area contributed by atoms with Crippen LogP contribution in [0.3, 0.4) is 0 Å². The lowest BCUT2D eigenvalue weighted by Gasteiger charge is -2.13. The van der Waals surface area contributed by atoms with Crippen molar-refractivity contribution in [3.8, 4) is 17.0 Å². The number of aromatic nitrogens is 1. The summed E-state index contributed by atoms with van der Waals surface area (Å²) in [5, 5.41) is 12.7. The molecule has 0 aliphatic heterocycles. The molecule has 0 aliphatic carbocycles. The number of aliphatic hydroxyl groups is 1. The minimum Gasteiger partial charge on any atom is -0.491 e. The molecule has 1 N–H and O–H groups in total. The van der Waals surface area contributed by atoms with Gasteiger partial charge < -0.3 is 14.7 Å². The first-order valence-corrected chi connectivity index (χ1v) is 8.35. The van der Waals surface area contributed by atoms with E-state index in [1.807, 2.05) is 38.4 Å². The van der Waals surface area contributed by atoms with Crippen LogP contribution in [0, 0.1) is 4.91 Å². The molecule has 134 valence electrons. The summed E-state index contributed by atoms with van der Waals surface area (Å²) in [6, 6.07) is 17.0. The fourth-order valence-electron chi connectivity index (χ4n) is 2.59. The molecule has 0 bridgehead atoms. The van der Waals surface area contributed by atoms with E-state index in [0.29, 0.717) is 5.75 Å². The quantitative estimate of drug-likeness (QED) is 0.660. The first-order chi connectivity index (χ1) is 12.6. The Kier molecular flexibility index (Phi) is 5.43. The zero-order valence-corrected chi connectivity index (χ0v) is 14.8. The molecule has 26 heavy (non-hydrogen) atoms. The molecule has 1 atom stereocenters. The predicted octanol–water partition coefficient (Wildman–Crippen LogP) is 3.47. The van der Waals surface area contributed by atoms with Crippen molar-refractivity contribution in [3.05, 3.63) is 59.5 Å². The third-order valence-electron chi connectivity index (χ3n) is 4.14. The van der Waals surface area contributed by atoms with Crippen molar-refractivity contribution < 1.29 is 9.84 Å². The Hall–Kier alpha value is -2.99. The predicted molar refractivity (Wildman–Crippen MR) is 104 cm³/mol. The average molecular weight is 351 g/mol. The first-order valence-electron chi connectivity index (χ1n) is 8.35. The van der Waals surface area contributed by atoms with Gasteiger partial charge in [0.05, 0.1) is 17.8 Å². The first kappa shape index (κ1) is 17.8. The third-order valence-corrected chi connectivity index (χ3v) is 4.14. The smallest absolute Gasteiger partial charge is 0.149 e. The van der Waals surface area contributed by atoms with E-state index in [4.69, 9.17) is 14.8 Å². The summed E-state index contributed by atoms with van der Waals surface area (Å²) in [5.41, 5.74) is 3.96. The molecular weight excluding hydrogens is 330 g/mol. The average Bonchev–Trinajstić information content (AvgIpc) is 2.68. The number of anilines is 1. The van der Waals surface area contributed by atoms with E-state index in [2.05, 4.69) is 34.3 Å². The Labute approximate surface area is 152 Å². The van der Waals surface area contributed by atoms with E-state index in [1.165, 1.54) is 0 Å². The molecule has 0 radical (unpaired) electrons. The second-order valence-corrected chi connectivity index (χ2v) is 6.25. The summed E-state index contributed by atoms with van der Waals surface area (Å²) in [4.78, 5) is 17.3. The molecule has 0 amide bonds. The molecule has 0 spiro atoms. The van der Waals surface area contributed by atoms with Crippen molar-refractivity contribution in [2.45, 2.75) is 6.04 Å². The van der Waals surface area contributed by atoms with Gasteiger partial charge in [0.15, 0.2) is 0 Å². The van der Waals surface area contributed by atoms with Crippen LogP contribution in [0.1, 0.15) is 0 Å². The summed E-state index contributed by atoms with van der Waals surface area (Å²) in [7, 11) is 4.02. The van der Waals surface area contributed by atoms with Crippen LogP contribution in [0.4, 0.5) is 5.69 Å². The molecule has 6 heteroatoms. The number of hydrogen-bond donors (Lipinski definition) is 1. The number of fused-ring (bicyclic) bond motifs is 1. The fraction of sp³-hybridized carbons (Fsp3) is 0.250. The van der Waals surface area contributed by atoms with Crippen molar-refractivity contribution in [2.24, 2.45) is 5.18 Å². The minimum atomic E-state index is -0.753. The molecule has 0 saturated carbocycles. The normalized spacial score (nSPS) is 12.0. The maximum Gasteiger partial charge on any atom is 0.149 e. The van der Waals surface area contributed by atoms with Gasteiger partial charge >= 0.3 is 0 Å². The maximum atomic E-state index is 10.5. The van der Waals surface area contributed by atoms with Crippen molar-refractivity contribution in [1.82, 2.24) is 4.98 Å². The van der Waals surface area contributed by atoms with Gasteiger partial charge in [0.25, 0.3) is 0 Å². The van der Waals surface area contributed by atoms with E-state index in [0.717, 1.165) is 27.8 Å². The number of rotatable bonds is 7. The second kappa shape index (κ2) is 7.93. The van der Waals surface area contributed by atoms with Crippen LogP contribution in [-0.2, 0) is 0 Å². The lowest BCUT2D eigenvalue weighted by Crippen LogP contribution is -2.19. The molecule has 2 aromatic carbocycles. The number of hydrogen-bond acceptors (Lipinski definition) is 6.